The molecule has 0 heterocycles. The summed E-state index contributed by atoms with van der Waals surface area (Å²) in [5.41, 5.74) is 0. The molecule has 0 aromatic carbocycles. The highest BCUT2D eigenvalue weighted by molar-refractivity contribution is 5.85. The predicted molar refractivity (Wildman–Crippen MR) is 113 cm³/mol. The van der Waals surface area contributed by atoms with Crippen LogP contribution in [0.5, 0.6) is 0 Å². The number of carbonyl (C=O) groups is 2. The first-order valence-corrected chi connectivity index (χ1v) is 10.3. The van der Waals surface area contributed by atoms with E-state index in [0.717, 1.165) is 0 Å². The van der Waals surface area contributed by atoms with Crippen molar-refractivity contribution in [2.75, 3.05) is 19.7 Å². The Morgan fingerprint density at radius 3 is 2.09 bits per heavy atom. The first-order valence-electron chi connectivity index (χ1n) is 10.3. The molecular weight excluding hydrogens is 434 g/mol. The van der Waals surface area contributed by atoms with E-state index in [1.54, 1.807) is 6.92 Å². The minimum atomic E-state index is -0.758. The largest absolute Gasteiger partial charge is 0.428 e. The summed E-state index contributed by atoms with van der Waals surface area (Å²) in [6.45, 7) is 2.46. The molecule has 0 saturated carbocycles. The molecule has 0 saturated heterocycles. The summed E-state index contributed by atoms with van der Waals surface area (Å²) in [6.07, 6.45) is 10.4. The number of hydrogen-bond donors (Lipinski definition) is 0. The zero-order chi connectivity index (χ0) is 25.2. The molecule has 2 atom stereocenters. The molecule has 178 valence electrons. The van der Waals surface area contributed by atoms with Crippen LogP contribution in [0.25, 0.3) is 0 Å². The molecule has 12 heteroatoms. The van der Waals surface area contributed by atoms with E-state index in [1.165, 1.54) is 30.8 Å². The van der Waals surface area contributed by atoms with Crippen LogP contribution >= 0.6 is 0 Å². The van der Waals surface area contributed by atoms with Gasteiger partial charge in [0.1, 0.15) is 12.6 Å². The molecular formula is C21H27N5O7. The van der Waals surface area contributed by atoms with Gasteiger partial charge in [0.25, 0.3) is 12.5 Å². The monoisotopic (exact) mass is 461 g/mol. The zero-order valence-electron chi connectivity index (χ0n) is 18.5. The average molecular weight is 461 g/mol. The van der Waals surface area contributed by atoms with Crippen LogP contribution in [-0.4, -0.2) is 61.6 Å². The van der Waals surface area contributed by atoms with Crippen LogP contribution in [0.2, 0.25) is 0 Å². The Morgan fingerprint density at radius 1 is 0.848 bits per heavy atom. The molecule has 0 amide bonds. The van der Waals surface area contributed by atoms with Gasteiger partial charge in [-0.25, -0.2) is 24.4 Å². The molecule has 0 aromatic rings. The number of rotatable bonds is 18. The molecule has 0 radical (unpaired) electrons. The predicted octanol–water partition coefficient (Wildman–Crippen LogP) is 1.99. The van der Waals surface area contributed by atoms with Crippen molar-refractivity contribution in [2.24, 2.45) is 15.0 Å². The number of hydrogen-bond acceptors (Lipinski definition) is 12. The van der Waals surface area contributed by atoms with Crippen molar-refractivity contribution < 1.29 is 33.4 Å². The molecule has 0 bridgehead atoms. The molecule has 0 fully saturated rings. The molecule has 0 aromatic heterocycles. The Balaban J connectivity index is 0. The van der Waals surface area contributed by atoms with E-state index >= 15 is 0 Å². The summed E-state index contributed by atoms with van der Waals surface area (Å²) in [6, 6.07) is -0.758. The van der Waals surface area contributed by atoms with E-state index in [4.69, 9.17) is 10.5 Å². The Hall–Kier alpha value is -3.94. The standard InChI is InChI=1S/C11H13N3O4.C10H14N2O3/c12-7-18-6-2-1-3-10(14-9-16)11(17)4-5-13-8-15;1-2-9(14)10(15-7-11)5-3-4-6-12-8-13/h10H,1-6H2;10H,2-6H2,1H3. The number of nitrogens with zero attached hydrogens (tertiary/aromatic N) is 5. The van der Waals surface area contributed by atoms with Gasteiger partial charge in [0.15, 0.2) is 17.7 Å². The van der Waals surface area contributed by atoms with Crippen LogP contribution in [0.3, 0.4) is 0 Å². The molecule has 2 unspecified atom stereocenters. The number of ketones is 2. The second kappa shape index (κ2) is 24.3. The number of carbonyl (C=O) groups excluding carboxylic acids is 5. The normalized spacial score (nSPS) is 10.6. The molecule has 0 aliphatic rings. The van der Waals surface area contributed by atoms with Gasteiger partial charge >= 0.3 is 0 Å². The summed E-state index contributed by atoms with van der Waals surface area (Å²) in [5, 5.41) is 16.5. The number of nitriles is 2. The van der Waals surface area contributed by atoms with Crippen LogP contribution in [0.15, 0.2) is 15.0 Å². The maximum atomic E-state index is 11.6. The summed E-state index contributed by atoms with van der Waals surface area (Å²) in [4.78, 5) is 62.7. The number of aliphatic imine (C=N–C) groups is 3. The molecule has 0 N–H and O–H groups in total. The average Bonchev–Trinajstić information content (AvgIpc) is 2.82. The van der Waals surface area contributed by atoms with E-state index in [1.807, 2.05) is 0 Å². The number of ether oxygens (including phenoxy) is 2. The summed E-state index contributed by atoms with van der Waals surface area (Å²) in [7, 11) is 0. The van der Waals surface area contributed by atoms with E-state index < -0.39 is 12.1 Å². The highest BCUT2D eigenvalue weighted by Gasteiger charge is 2.17. The third-order valence-electron chi connectivity index (χ3n) is 4.11. The van der Waals surface area contributed by atoms with Crippen LogP contribution < -0.4 is 0 Å². The van der Waals surface area contributed by atoms with Crippen molar-refractivity contribution >= 4 is 29.8 Å². The van der Waals surface area contributed by atoms with Gasteiger partial charge in [0, 0.05) is 12.8 Å². The lowest BCUT2D eigenvalue weighted by molar-refractivity contribution is -0.127. The van der Waals surface area contributed by atoms with Gasteiger partial charge in [0.05, 0.1) is 13.1 Å². The van der Waals surface area contributed by atoms with E-state index in [-0.39, 0.29) is 31.1 Å². The van der Waals surface area contributed by atoms with Crippen LogP contribution in [-0.2, 0) is 33.4 Å². The highest BCUT2D eigenvalue weighted by Crippen LogP contribution is 2.09. The molecule has 33 heavy (non-hydrogen) atoms. The molecule has 0 aliphatic carbocycles. The van der Waals surface area contributed by atoms with Gasteiger partial charge in [-0.15, -0.1) is 0 Å². The van der Waals surface area contributed by atoms with E-state index in [0.29, 0.717) is 51.5 Å². The first kappa shape index (κ1) is 31.2. The quantitative estimate of drug-likeness (QED) is 0.127. The van der Waals surface area contributed by atoms with Gasteiger partial charge < -0.3 is 9.47 Å². The van der Waals surface area contributed by atoms with Crippen molar-refractivity contribution in [2.45, 2.75) is 70.4 Å². The van der Waals surface area contributed by atoms with Crippen LogP contribution in [0, 0.1) is 23.0 Å². The molecule has 0 aliphatic heterocycles. The molecule has 0 spiro atoms. The lowest BCUT2D eigenvalue weighted by Gasteiger charge is -2.10. The lowest BCUT2D eigenvalue weighted by Crippen LogP contribution is -2.21. The Bertz CT molecular complexity index is 799. The van der Waals surface area contributed by atoms with Crippen molar-refractivity contribution in [1.29, 1.82) is 10.5 Å². The summed E-state index contributed by atoms with van der Waals surface area (Å²) >= 11 is 0. The van der Waals surface area contributed by atoms with Crippen LogP contribution in [0.1, 0.15) is 58.3 Å². The van der Waals surface area contributed by atoms with Crippen molar-refractivity contribution in [1.82, 2.24) is 0 Å². The van der Waals surface area contributed by atoms with E-state index in [2.05, 4.69) is 24.5 Å². The van der Waals surface area contributed by atoms with E-state index in [9.17, 15) is 24.0 Å². The zero-order valence-corrected chi connectivity index (χ0v) is 18.5. The third-order valence-corrected chi connectivity index (χ3v) is 4.11. The summed E-state index contributed by atoms with van der Waals surface area (Å²) in [5.74, 6) is -0.339. The first-order chi connectivity index (χ1) is 16.0. The van der Waals surface area contributed by atoms with Crippen molar-refractivity contribution in [3.8, 4) is 12.5 Å². The molecule has 12 nitrogen and oxygen atoms in total. The Labute approximate surface area is 192 Å². The maximum absolute atomic E-state index is 11.6. The number of unbranched alkanes of at least 4 members (excludes halogenated alkanes) is 2. The topological polar surface area (TPSA) is 188 Å². The Morgan fingerprint density at radius 2 is 1.52 bits per heavy atom. The fourth-order valence-electron chi connectivity index (χ4n) is 2.44. The minimum Gasteiger partial charge on any atom is -0.428 e. The second-order valence-corrected chi connectivity index (χ2v) is 6.35. The van der Waals surface area contributed by atoms with Crippen molar-refractivity contribution in [3.63, 3.8) is 0 Å². The van der Waals surface area contributed by atoms with Gasteiger partial charge in [-0.2, -0.15) is 15.5 Å². The maximum Gasteiger partial charge on any atom is 0.287 e. The number of isocyanates is 3. The molecule has 0 rings (SSSR count). The highest BCUT2D eigenvalue weighted by atomic mass is 16.5. The third kappa shape index (κ3) is 19.8. The SMILES string of the molecule is CCC(=O)C(CCCCN=C=O)OC#N.N#COCCCCC(N=C=O)C(=O)CCN=C=O. The van der Waals surface area contributed by atoms with Crippen LogP contribution in [0.4, 0.5) is 0 Å². The smallest absolute Gasteiger partial charge is 0.287 e. The Kier molecular flexibility index (Phi) is 23.0. The minimum absolute atomic E-state index is 0.0415. The fourth-order valence-corrected chi connectivity index (χ4v) is 2.44. The fraction of sp³-hybridized carbons (Fsp3) is 0.667. The van der Waals surface area contributed by atoms with Gasteiger partial charge in [-0.1, -0.05) is 6.92 Å². The number of Topliss-reactive ketones (excluding diaryl/α,β-unsaturated/α-hetero) is 2. The summed E-state index contributed by atoms with van der Waals surface area (Å²) < 4.78 is 9.12. The second-order valence-electron chi connectivity index (χ2n) is 6.35. The van der Waals surface area contributed by atoms with Gasteiger partial charge in [-0.3, -0.25) is 9.59 Å². The van der Waals surface area contributed by atoms with Gasteiger partial charge in [-0.05, 0) is 38.5 Å². The van der Waals surface area contributed by atoms with Crippen molar-refractivity contribution in [3.05, 3.63) is 0 Å². The lowest BCUT2D eigenvalue weighted by atomic mass is 10.0. The van der Waals surface area contributed by atoms with Gasteiger partial charge in [0.2, 0.25) is 18.2 Å².